The summed E-state index contributed by atoms with van der Waals surface area (Å²) in [7, 11) is -2.18. The van der Waals surface area contributed by atoms with Gasteiger partial charge in [0.05, 0.1) is 24.1 Å². The van der Waals surface area contributed by atoms with Crippen molar-refractivity contribution in [2.75, 3.05) is 24.2 Å². The highest BCUT2D eigenvalue weighted by Crippen LogP contribution is 2.30. The lowest BCUT2D eigenvalue weighted by atomic mass is 10.0. The summed E-state index contributed by atoms with van der Waals surface area (Å²) in [5.41, 5.74) is 3.37. The van der Waals surface area contributed by atoms with E-state index in [0.29, 0.717) is 17.9 Å². The number of anilines is 1. The minimum atomic E-state index is -3.66. The van der Waals surface area contributed by atoms with Gasteiger partial charge in [-0.05, 0) is 55.5 Å². The van der Waals surface area contributed by atoms with Gasteiger partial charge in [0.25, 0.3) is 0 Å². The molecule has 1 fully saturated rings. The Bertz CT molecular complexity index is 1510. The smallest absolute Gasteiger partial charge is 0.243 e. The van der Waals surface area contributed by atoms with E-state index < -0.39 is 16.1 Å². The van der Waals surface area contributed by atoms with E-state index in [1.807, 2.05) is 61.5 Å². The topological polar surface area (TPSA) is 96.0 Å². The summed E-state index contributed by atoms with van der Waals surface area (Å²) in [6.45, 7) is 2.34. The third-order valence-corrected chi connectivity index (χ3v) is 9.51. The van der Waals surface area contributed by atoms with Crippen molar-refractivity contribution in [3.05, 3.63) is 94.5 Å². The minimum absolute atomic E-state index is 0.0593. The van der Waals surface area contributed by atoms with Crippen molar-refractivity contribution in [1.29, 1.82) is 0 Å². The fourth-order valence-corrected chi connectivity index (χ4v) is 6.84. The van der Waals surface area contributed by atoms with Crippen LogP contribution in [0.1, 0.15) is 55.2 Å². The van der Waals surface area contributed by atoms with Gasteiger partial charge in [0.1, 0.15) is 11.8 Å². The van der Waals surface area contributed by atoms with Crippen molar-refractivity contribution >= 4 is 39.1 Å². The molecule has 0 aromatic heterocycles. The molecule has 1 atom stereocenters. The van der Waals surface area contributed by atoms with Gasteiger partial charge >= 0.3 is 0 Å². The molecule has 4 rings (SSSR count). The van der Waals surface area contributed by atoms with Crippen LogP contribution in [0.5, 0.6) is 5.75 Å². The van der Waals surface area contributed by atoms with E-state index in [1.54, 1.807) is 17.0 Å². The van der Waals surface area contributed by atoms with Gasteiger partial charge in [0.2, 0.25) is 21.8 Å². The van der Waals surface area contributed by atoms with Crippen molar-refractivity contribution in [1.82, 2.24) is 10.2 Å². The van der Waals surface area contributed by atoms with E-state index in [9.17, 15) is 18.0 Å². The van der Waals surface area contributed by atoms with E-state index in [0.717, 1.165) is 48.6 Å². The first-order chi connectivity index (χ1) is 21.0. The van der Waals surface area contributed by atoms with Gasteiger partial charge < -0.3 is 15.0 Å². The maximum Gasteiger partial charge on any atom is 0.243 e. The molecule has 0 aliphatic heterocycles. The number of ether oxygens (including phenoxy) is 1. The molecule has 236 valence electrons. The second-order valence-corrected chi connectivity index (χ2v) is 13.8. The number of hydrogen-bond donors (Lipinski definition) is 1. The number of amides is 2. The van der Waals surface area contributed by atoms with Gasteiger partial charge in [0.15, 0.2) is 0 Å². The predicted octanol–water partition coefficient (Wildman–Crippen LogP) is 5.90. The summed E-state index contributed by atoms with van der Waals surface area (Å²) in [5.74, 6) is 0.0623. The van der Waals surface area contributed by atoms with Crippen LogP contribution < -0.4 is 14.4 Å². The molecule has 1 unspecified atom stereocenters. The van der Waals surface area contributed by atoms with E-state index in [2.05, 4.69) is 5.32 Å². The third kappa shape index (κ3) is 9.22. The summed E-state index contributed by atoms with van der Waals surface area (Å²) in [5, 5.41) is 3.50. The van der Waals surface area contributed by atoms with Gasteiger partial charge in [-0.15, -0.1) is 0 Å². The predicted molar refractivity (Wildman–Crippen MR) is 175 cm³/mol. The van der Waals surface area contributed by atoms with Crippen LogP contribution in [0.15, 0.2) is 72.8 Å². The summed E-state index contributed by atoms with van der Waals surface area (Å²) >= 11 is 6.28. The number of aryl methyl sites for hydroxylation is 1. The Morgan fingerprint density at radius 3 is 2.30 bits per heavy atom. The second kappa shape index (κ2) is 15.4. The lowest BCUT2D eigenvalue weighted by Gasteiger charge is -2.33. The zero-order chi connectivity index (χ0) is 31.7. The van der Waals surface area contributed by atoms with Crippen LogP contribution in [0.4, 0.5) is 5.69 Å². The number of halogens is 1. The largest absolute Gasteiger partial charge is 0.495 e. The number of sulfonamides is 1. The first-order valence-corrected chi connectivity index (χ1v) is 17.3. The molecule has 10 heteroatoms. The number of benzene rings is 3. The SMILES string of the molecule is COc1ccc(N(CCCC(=O)N(Cc2ccc(C)cc2)C(Cc2ccccc2)C(=O)NC2CCCC2)S(C)(=O)=O)cc1Cl. The van der Waals surface area contributed by atoms with Crippen LogP contribution in [-0.2, 0) is 32.6 Å². The molecular formula is C34H42ClN3O5S. The zero-order valence-corrected chi connectivity index (χ0v) is 27.2. The molecule has 0 spiro atoms. The Morgan fingerprint density at radius 2 is 1.68 bits per heavy atom. The van der Waals surface area contributed by atoms with Gasteiger partial charge in [0, 0.05) is 32.0 Å². The zero-order valence-electron chi connectivity index (χ0n) is 25.7. The Balaban J connectivity index is 1.58. The van der Waals surface area contributed by atoms with Crippen LogP contribution in [0.25, 0.3) is 0 Å². The molecule has 2 amide bonds. The second-order valence-electron chi connectivity index (χ2n) is 11.5. The number of nitrogens with one attached hydrogen (secondary N) is 1. The highest BCUT2D eigenvalue weighted by atomic mass is 35.5. The first-order valence-electron chi connectivity index (χ1n) is 15.1. The maximum atomic E-state index is 14.0. The highest BCUT2D eigenvalue weighted by molar-refractivity contribution is 7.92. The van der Waals surface area contributed by atoms with Crippen LogP contribution in [0, 0.1) is 6.92 Å². The van der Waals surface area contributed by atoms with E-state index in [1.165, 1.54) is 17.5 Å². The molecule has 0 heterocycles. The quantitative estimate of drug-likeness (QED) is 0.237. The number of carbonyl (C=O) groups is 2. The fourth-order valence-electron chi connectivity index (χ4n) is 5.63. The van der Waals surface area contributed by atoms with E-state index in [4.69, 9.17) is 16.3 Å². The van der Waals surface area contributed by atoms with Crippen molar-refractivity contribution in [2.45, 2.75) is 70.5 Å². The Labute approximate surface area is 266 Å². The average Bonchev–Trinajstić information content (AvgIpc) is 3.51. The minimum Gasteiger partial charge on any atom is -0.495 e. The number of rotatable bonds is 14. The van der Waals surface area contributed by atoms with Crippen LogP contribution in [0.2, 0.25) is 5.02 Å². The first kappa shape index (κ1) is 33.3. The number of hydrogen-bond acceptors (Lipinski definition) is 5. The van der Waals surface area contributed by atoms with Crippen molar-refractivity contribution in [3.63, 3.8) is 0 Å². The average molecular weight is 640 g/mol. The molecule has 0 radical (unpaired) electrons. The molecule has 8 nitrogen and oxygen atoms in total. The molecule has 3 aromatic rings. The molecule has 1 aliphatic carbocycles. The Kier molecular flexibility index (Phi) is 11.7. The fraction of sp³-hybridized carbons (Fsp3) is 0.412. The molecule has 0 saturated heterocycles. The molecule has 3 aromatic carbocycles. The van der Waals surface area contributed by atoms with Gasteiger partial charge in [-0.2, -0.15) is 0 Å². The van der Waals surface area contributed by atoms with Gasteiger partial charge in [-0.3, -0.25) is 13.9 Å². The number of nitrogens with zero attached hydrogens (tertiary/aromatic N) is 2. The summed E-state index contributed by atoms with van der Waals surface area (Å²) in [6, 6.07) is 21.8. The lowest BCUT2D eigenvalue weighted by molar-refractivity contribution is -0.141. The Hall–Kier alpha value is -3.56. The van der Waals surface area contributed by atoms with E-state index >= 15 is 0 Å². The molecule has 1 aliphatic rings. The normalized spacial score (nSPS) is 14.2. The van der Waals surface area contributed by atoms with Crippen LogP contribution in [0.3, 0.4) is 0 Å². The molecular weight excluding hydrogens is 598 g/mol. The maximum absolute atomic E-state index is 14.0. The van der Waals surface area contributed by atoms with Crippen molar-refractivity contribution in [2.24, 2.45) is 0 Å². The Morgan fingerprint density at radius 1 is 1.00 bits per heavy atom. The van der Waals surface area contributed by atoms with E-state index in [-0.39, 0.29) is 48.8 Å². The summed E-state index contributed by atoms with van der Waals surface area (Å²) < 4.78 is 31.9. The standard InChI is InChI=1S/C34H42ClN3O5S/c1-25-15-17-27(18-16-25)24-37(31(22-26-10-5-4-6-11-26)34(40)36-28-12-7-8-13-28)33(39)14-9-21-38(44(3,41)42)29-19-20-32(43-2)30(35)23-29/h4-6,10-11,15-20,23,28,31H,7-9,12-14,21-22,24H2,1-3H3,(H,36,40). The van der Waals surface area contributed by atoms with Gasteiger partial charge in [-0.25, -0.2) is 8.42 Å². The molecule has 1 saturated carbocycles. The third-order valence-electron chi connectivity index (χ3n) is 8.02. The number of methoxy groups -OCH3 is 1. The highest BCUT2D eigenvalue weighted by Gasteiger charge is 2.32. The van der Waals surface area contributed by atoms with Crippen LogP contribution >= 0.6 is 11.6 Å². The summed E-state index contributed by atoms with van der Waals surface area (Å²) in [4.78, 5) is 29.6. The molecule has 1 N–H and O–H groups in total. The lowest BCUT2D eigenvalue weighted by Crippen LogP contribution is -2.52. The number of carbonyl (C=O) groups excluding carboxylic acids is 2. The van der Waals surface area contributed by atoms with Crippen molar-refractivity contribution in [3.8, 4) is 5.75 Å². The monoisotopic (exact) mass is 639 g/mol. The van der Waals surface area contributed by atoms with Gasteiger partial charge in [-0.1, -0.05) is 84.6 Å². The molecule has 0 bridgehead atoms. The summed E-state index contributed by atoms with van der Waals surface area (Å²) in [6.07, 6.45) is 5.84. The molecule has 44 heavy (non-hydrogen) atoms. The van der Waals surface area contributed by atoms with Crippen LogP contribution in [-0.4, -0.2) is 57.1 Å². The van der Waals surface area contributed by atoms with Crippen molar-refractivity contribution < 1.29 is 22.7 Å².